The Balaban J connectivity index is 1.89. The fourth-order valence-corrected chi connectivity index (χ4v) is 1.52. The SMILES string of the molecule is CC(NC(=O)c1ccc(Cl)nc1)C(=O)NC1CC1. The Kier molecular flexibility index (Phi) is 3.81. The molecule has 0 spiro atoms. The van der Waals surface area contributed by atoms with E-state index in [-0.39, 0.29) is 17.9 Å². The van der Waals surface area contributed by atoms with Crippen molar-refractivity contribution in [1.29, 1.82) is 0 Å². The van der Waals surface area contributed by atoms with E-state index in [0.29, 0.717) is 10.7 Å². The van der Waals surface area contributed by atoms with E-state index in [0.717, 1.165) is 12.8 Å². The lowest BCUT2D eigenvalue weighted by Crippen LogP contribution is -2.45. The van der Waals surface area contributed by atoms with Crippen LogP contribution in [0, 0.1) is 0 Å². The maximum atomic E-state index is 11.8. The molecule has 1 aromatic rings. The van der Waals surface area contributed by atoms with E-state index in [1.54, 1.807) is 13.0 Å². The van der Waals surface area contributed by atoms with Gasteiger partial charge in [0.15, 0.2) is 0 Å². The van der Waals surface area contributed by atoms with Gasteiger partial charge in [0.1, 0.15) is 11.2 Å². The number of hydrogen-bond acceptors (Lipinski definition) is 3. The largest absolute Gasteiger partial charge is 0.352 e. The van der Waals surface area contributed by atoms with Gasteiger partial charge in [0.2, 0.25) is 5.91 Å². The monoisotopic (exact) mass is 267 g/mol. The molecule has 0 radical (unpaired) electrons. The molecule has 0 saturated heterocycles. The van der Waals surface area contributed by atoms with E-state index < -0.39 is 6.04 Å². The molecule has 1 fully saturated rings. The second-order valence-electron chi connectivity index (χ2n) is 4.35. The predicted molar refractivity (Wildman–Crippen MR) is 67.3 cm³/mol. The van der Waals surface area contributed by atoms with Crippen molar-refractivity contribution in [2.45, 2.75) is 31.8 Å². The molecule has 6 heteroatoms. The van der Waals surface area contributed by atoms with Gasteiger partial charge < -0.3 is 10.6 Å². The topological polar surface area (TPSA) is 71.1 Å². The first kappa shape index (κ1) is 12.8. The van der Waals surface area contributed by atoms with Crippen LogP contribution in [0.3, 0.4) is 0 Å². The molecule has 2 N–H and O–H groups in total. The highest BCUT2D eigenvalue weighted by atomic mass is 35.5. The fraction of sp³-hybridized carbons (Fsp3) is 0.417. The first-order valence-corrected chi connectivity index (χ1v) is 6.17. The summed E-state index contributed by atoms with van der Waals surface area (Å²) in [5.74, 6) is -0.495. The van der Waals surface area contributed by atoms with E-state index in [4.69, 9.17) is 11.6 Å². The molecule has 1 atom stereocenters. The fourth-order valence-electron chi connectivity index (χ4n) is 1.41. The van der Waals surface area contributed by atoms with Gasteiger partial charge in [0, 0.05) is 12.2 Å². The van der Waals surface area contributed by atoms with Crippen molar-refractivity contribution in [3.63, 3.8) is 0 Å². The zero-order valence-electron chi connectivity index (χ0n) is 9.94. The second-order valence-corrected chi connectivity index (χ2v) is 4.73. The third-order valence-corrected chi connectivity index (χ3v) is 2.88. The van der Waals surface area contributed by atoms with Crippen LogP contribution >= 0.6 is 11.6 Å². The van der Waals surface area contributed by atoms with E-state index in [2.05, 4.69) is 15.6 Å². The summed E-state index contributed by atoms with van der Waals surface area (Å²) in [7, 11) is 0. The Hall–Kier alpha value is -1.62. The van der Waals surface area contributed by atoms with Gasteiger partial charge in [-0.2, -0.15) is 0 Å². The summed E-state index contributed by atoms with van der Waals surface area (Å²) in [6.45, 7) is 1.65. The number of nitrogens with one attached hydrogen (secondary N) is 2. The molecule has 2 amide bonds. The van der Waals surface area contributed by atoms with Gasteiger partial charge in [-0.25, -0.2) is 4.98 Å². The van der Waals surface area contributed by atoms with Crippen LogP contribution in [0.2, 0.25) is 5.15 Å². The summed E-state index contributed by atoms with van der Waals surface area (Å²) in [5, 5.41) is 5.77. The Morgan fingerprint density at radius 1 is 1.44 bits per heavy atom. The lowest BCUT2D eigenvalue weighted by Gasteiger charge is -2.13. The minimum absolute atomic E-state index is 0.159. The summed E-state index contributed by atoms with van der Waals surface area (Å²) in [6.07, 6.45) is 3.42. The second kappa shape index (κ2) is 5.35. The molecule has 1 saturated carbocycles. The number of pyridine rings is 1. The van der Waals surface area contributed by atoms with Crippen molar-refractivity contribution in [2.24, 2.45) is 0 Å². The number of halogens is 1. The molecule has 2 rings (SSSR count). The van der Waals surface area contributed by atoms with Crippen molar-refractivity contribution in [2.75, 3.05) is 0 Å². The number of rotatable bonds is 4. The molecule has 0 bridgehead atoms. The number of carbonyl (C=O) groups is 2. The molecular weight excluding hydrogens is 254 g/mol. The van der Waals surface area contributed by atoms with Crippen molar-refractivity contribution in [3.8, 4) is 0 Å². The Bertz CT molecular complexity index is 457. The van der Waals surface area contributed by atoms with Crippen LogP contribution in [0.5, 0.6) is 0 Å². The van der Waals surface area contributed by atoms with Crippen LogP contribution in [0.15, 0.2) is 18.3 Å². The molecule has 1 aliphatic carbocycles. The van der Waals surface area contributed by atoms with Gasteiger partial charge in [0.25, 0.3) is 5.91 Å². The summed E-state index contributed by atoms with van der Waals surface area (Å²) < 4.78 is 0. The van der Waals surface area contributed by atoms with E-state index in [1.165, 1.54) is 12.3 Å². The van der Waals surface area contributed by atoms with Crippen LogP contribution in [0.4, 0.5) is 0 Å². The Morgan fingerprint density at radius 3 is 2.72 bits per heavy atom. The first-order chi connectivity index (χ1) is 8.56. The van der Waals surface area contributed by atoms with E-state index in [9.17, 15) is 9.59 Å². The number of carbonyl (C=O) groups excluding carboxylic acids is 2. The average molecular weight is 268 g/mol. The normalized spacial score (nSPS) is 15.9. The van der Waals surface area contributed by atoms with Crippen LogP contribution in [-0.2, 0) is 4.79 Å². The zero-order chi connectivity index (χ0) is 13.1. The molecule has 5 nitrogen and oxygen atoms in total. The average Bonchev–Trinajstić information content (AvgIpc) is 3.13. The van der Waals surface area contributed by atoms with Gasteiger partial charge in [-0.15, -0.1) is 0 Å². The summed E-state index contributed by atoms with van der Waals surface area (Å²) >= 11 is 5.63. The van der Waals surface area contributed by atoms with Gasteiger partial charge in [-0.05, 0) is 31.9 Å². The van der Waals surface area contributed by atoms with Crippen molar-refractivity contribution >= 4 is 23.4 Å². The minimum Gasteiger partial charge on any atom is -0.352 e. The number of aromatic nitrogens is 1. The molecule has 1 unspecified atom stereocenters. The highest BCUT2D eigenvalue weighted by molar-refractivity contribution is 6.29. The third kappa shape index (κ3) is 3.43. The molecule has 0 aromatic carbocycles. The number of amides is 2. The smallest absolute Gasteiger partial charge is 0.253 e. The molecule has 1 heterocycles. The van der Waals surface area contributed by atoms with Crippen LogP contribution in [0.25, 0.3) is 0 Å². The van der Waals surface area contributed by atoms with Crippen molar-refractivity contribution in [1.82, 2.24) is 15.6 Å². The molecule has 96 valence electrons. The maximum absolute atomic E-state index is 11.8. The van der Waals surface area contributed by atoms with E-state index in [1.807, 2.05) is 0 Å². The third-order valence-electron chi connectivity index (χ3n) is 2.65. The molecule has 1 aromatic heterocycles. The van der Waals surface area contributed by atoms with Crippen molar-refractivity contribution < 1.29 is 9.59 Å². The standard InChI is InChI=1S/C12H14ClN3O2/c1-7(11(17)16-9-3-4-9)15-12(18)8-2-5-10(13)14-6-8/h2,5-7,9H,3-4H2,1H3,(H,15,18)(H,16,17). The highest BCUT2D eigenvalue weighted by Crippen LogP contribution is 2.18. The molecule has 1 aliphatic rings. The molecular formula is C12H14ClN3O2. The lowest BCUT2D eigenvalue weighted by atomic mass is 10.2. The Labute approximate surface area is 110 Å². The van der Waals surface area contributed by atoms with Crippen LogP contribution in [-0.4, -0.2) is 28.9 Å². The summed E-state index contributed by atoms with van der Waals surface area (Å²) in [6, 6.07) is 2.82. The number of nitrogens with zero attached hydrogens (tertiary/aromatic N) is 1. The van der Waals surface area contributed by atoms with Crippen LogP contribution < -0.4 is 10.6 Å². The zero-order valence-corrected chi connectivity index (χ0v) is 10.7. The lowest BCUT2D eigenvalue weighted by molar-refractivity contribution is -0.122. The van der Waals surface area contributed by atoms with Gasteiger partial charge >= 0.3 is 0 Å². The maximum Gasteiger partial charge on any atom is 0.253 e. The molecule has 18 heavy (non-hydrogen) atoms. The first-order valence-electron chi connectivity index (χ1n) is 5.79. The quantitative estimate of drug-likeness (QED) is 0.804. The minimum atomic E-state index is -0.561. The van der Waals surface area contributed by atoms with Gasteiger partial charge in [-0.1, -0.05) is 11.6 Å². The van der Waals surface area contributed by atoms with Gasteiger partial charge in [-0.3, -0.25) is 9.59 Å². The summed E-state index contributed by atoms with van der Waals surface area (Å²) in [5.41, 5.74) is 0.380. The highest BCUT2D eigenvalue weighted by Gasteiger charge is 2.26. The molecule has 0 aliphatic heterocycles. The van der Waals surface area contributed by atoms with Crippen LogP contribution in [0.1, 0.15) is 30.1 Å². The summed E-state index contributed by atoms with van der Waals surface area (Å²) in [4.78, 5) is 27.3. The predicted octanol–water partition coefficient (Wildman–Crippen LogP) is 1.13. The number of hydrogen-bond donors (Lipinski definition) is 2. The van der Waals surface area contributed by atoms with Gasteiger partial charge in [0.05, 0.1) is 5.56 Å². The Morgan fingerprint density at radius 2 is 2.17 bits per heavy atom. The van der Waals surface area contributed by atoms with Crippen molar-refractivity contribution in [3.05, 3.63) is 29.0 Å². The van der Waals surface area contributed by atoms with E-state index >= 15 is 0 Å².